The predicted molar refractivity (Wildman–Crippen MR) is 80.7 cm³/mol. The lowest BCUT2D eigenvalue weighted by Gasteiger charge is -2.04. The molecule has 0 aliphatic rings. The summed E-state index contributed by atoms with van der Waals surface area (Å²) >= 11 is 0. The molecular formula is C16H17NO2. The smallest absolute Gasteiger partial charge is 0.345 e. The van der Waals surface area contributed by atoms with E-state index in [0.29, 0.717) is 5.76 Å². The zero-order valence-electron chi connectivity index (χ0n) is 10.8. The van der Waals surface area contributed by atoms with Gasteiger partial charge in [0.15, 0.2) is 0 Å². The molecule has 0 spiro atoms. The van der Waals surface area contributed by atoms with Gasteiger partial charge in [0.1, 0.15) is 5.76 Å². The Morgan fingerprint density at radius 2 is 1.68 bits per heavy atom. The van der Waals surface area contributed by atoms with Crippen LogP contribution in [0.1, 0.15) is 0 Å². The molecule has 0 N–H and O–H groups in total. The van der Waals surface area contributed by atoms with E-state index in [0.717, 1.165) is 0 Å². The third-order valence-electron chi connectivity index (χ3n) is 1.74. The fourth-order valence-corrected chi connectivity index (χ4v) is 0.992. The minimum absolute atomic E-state index is 0.261. The number of carbonyl (C=O) groups excluding carboxylic acids is 1. The van der Waals surface area contributed by atoms with E-state index in [4.69, 9.17) is 4.74 Å². The van der Waals surface area contributed by atoms with Crippen molar-refractivity contribution >= 4 is 12.2 Å². The molecule has 0 rings (SSSR count). The molecule has 0 aliphatic heterocycles. The number of hydrogen-bond acceptors (Lipinski definition) is 3. The third kappa shape index (κ3) is 7.28. The highest BCUT2D eigenvalue weighted by atomic mass is 16.5. The van der Waals surface area contributed by atoms with Crippen LogP contribution < -0.4 is 0 Å². The third-order valence-corrected chi connectivity index (χ3v) is 1.74. The monoisotopic (exact) mass is 255 g/mol. The quantitative estimate of drug-likeness (QED) is 0.218. The minimum Gasteiger partial charge on any atom is -0.423 e. The molecular weight excluding hydrogens is 238 g/mol. The van der Waals surface area contributed by atoms with Crippen molar-refractivity contribution in [3.63, 3.8) is 0 Å². The van der Waals surface area contributed by atoms with E-state index in [1.54, 1.807) is 24.3 Å². The summed E-state index contributed by atoms with van der Waals surface area (Å²) in [5, 5.41) is 0. The van der Waals surface area contributed by atoms with E-state index < -0.39 is 5.97 Å². The zero-order chi connectivity index (χ0) is 14.5. The molecule has 19 heavy (non-hydrogen) atoms. The van der Waals surface area contributed by atoms with E-state index in [2.05, 4.69) is 31.3 Å². The number of allylic oxidation sites excluding steroid dienone is 7. The molecule has 0 unspecified atom stereocenters. The van der Waals surface area contributed by atoms with Gasteiger partial charge in [0.05, 0.1) is 5.57 Å². The number of esters is 1. The maximum atomic E-state index is 11.9. The van der Waals surface area contributed by atoms with E-state index in [9.17, 15) is 4.79 Å². The highest BCUT2D eigenvalue weighted by molar-refractivity contribution is 6.10. The Morgan fingerprint density at radius 3 is 2.21 bits per heavy atom. The first kappa shape index (κ1) is 16.3. The lowest BCUT2D eigenvalue weighted by molar-refractivity contribution is -0.133. The average molecular weight is 255 g/mol. The van der Waals surface area contributed by atoms with E-state index in [1.165, 1.54) is 30.6 Å². The first-order valence-electron chi connectivity index (χ1n) is 5.50. The fourth-order valence-electron chi connectivity index (χ4n) is 0.992. The van der Waals surface area contributed by atoms with E-state index >= 15 is 0 Å². The number of aliphatic imine (C=N–C) groups is 1. The van der Waals surface area contributed by atoms with Gasteiger partial charge in [-0.3, -0.25) is 4.99 Å². The molecule has 0 aliphatic carbocycles. The second-order valence-electron chi connectivity index (χ2n) is 3.11. The van der Waals surface area contributed by atoms with Crippen LogP contribution in [0.3, 0.4) is 0 Å². The Labute approximate surface area is 114 Å². The molecule has 0 bridgehead atoms. The standard InChI is InChI=1S/C16H17NO2/c1-5-9-12-15(11-7-3)19-16(18)14(10-6-2)13-17-8-4/h5-13H,1-4H2/b12-9-,14-10+,15-11+,17-13-. The molecule has 0 atom stereocenters. The van der Waals surface area contributed by atoms with Crippen LogP contribution in [-0.4, -0.2) is 12.2 Å². The van der Waals surface area contributed by atoms with Crippen LogP contribution >= 0.6 is 0 Å². The molecule has 0 radical (unpaired) electrons. The van der Waals surface area contributed by atoms with Crippen molar-refractivity contribution in [2.45, 2.75) is 0 Å². The summed E-state index contributed by atoms with van der Waals surface area (Å²) in [6.45, 7) is 14.0. The number of carbonyl (C=O) groups is 1. The lowest BCUT2D eigenvalue weighted by atomic mass is 10.2. The Kier molecular flexibility index (Phi) is 9.00. The van der Waals surface area contributed by atoms with Gasteiger partial charge in [-0.1, -0.05) is 50.6 Å². The maximum absolute atomic E-state index is 11.9. The van der Waals surface area contributed by atoms with Crippen LogP contribution in [-0.2, 0) is 9.53 Å². The molecule has 0 aromatic rings. The van der Waals surface area contributed by atoms with Gasteiger partial charge in [0.25, 0.3) is 0 Å². The summed E-state index contributed by atoms with van der Waals surface area (Å²) in [4.78, 5) is 15.7. The molecule has 0 amide bonds. The molecule has 3 heteroatoms. The van der Waals surface area contributed by atoms with Gasteiger partial charge in [-0.25, -0.2) is 4.79 Å². The minimum atomic E-state index is -0.549. The van der Waals surface area contributed by atoms with Crippen LogP contribution in [0.4, 0.5) is 0 Å². The van der Waals surface area contributed by atoms with Gasteiger partial charge in [0.2, 0.25) is 0 Å². The van der Waals surface area contributed by atoms with Crippen LogP contribution in [0.5, 0.6) is 0 Å². The molecule has 0 heterocycles. The van der Waals surface area contributed by atoms with E-state index in [-0.39, 0.29) is 5.57 Å². The van der Waals surface area contributed by atoms with Crippen molar-refractivity contribution in [1.29, 1.82) is 0 Å². The molecule has 0 fully saturated rings. The van der Waals surface area contributed by atoms with Crippen LogP contribution in [0.2, 0.25) is 0 Å². The number of nitrogens with zero attached hydrogens (tertiary/aromatic N) is 1. The van der Waals surface area contributed by atoms with Crippen molar-refractivity contribution in [3.05, 3.63) is 86.4 Å². The second kappa shape index (κ2) is 10.5. The zero-order valence-corrected chi connectivity index (χ0v) is 10.8. The molecule has 0 saturated heterocycles. The Hall–Kier alpha value is -2.68. The summed E-state index contributed by atoms with van der Waals surface area (Å²) in [5.74, 6) is -0.200. The van der Waals surface area contributed by atoms with Crippen LogP contribution in [0.15, 0.2) is 91.4 Å². The lowest BCUT2D eigenvalue weighted by Crippen LogP contribution is -2.08. The summed E-state index contributed by atoms with van der Waals surface area (Å²) in [7, 11) is 0. The average Bonchev–Trinajstić information content (AvgIpc) is 2.40. The van der Waals surface area contributed by atoms with Crippen LogP contribution in [0, 0.1) is 0 Å². The maximum Gasteiger partial charge on any atom is 0.345 e. The van der Waals surface area contributed by atoms with Crippen molar-refractivity contribution in [1.82, 2.24) is 0 Å². The van der Waals surface area contributed by atoms with Gasteiger partial charge in [-0.2, -0.15) is 0 Å². The summed E-state index contributed by atoms with van der Waals surface area (Å²) in [5.41, 5.74) is 0.261. The number of hydrogen-bond donors (Lipinski definition) is 0. The molecule has 0 aromatic heterocycles. The number of rotatable bonds is 8. The molecule has 0 saturated carbocycles. The summed E-state index contributed by atoms with van der Waals surface area (Å²) in [6, 6.07) is 0. The van der Waals surface area contributed by atoms with Gasteiger partial charge in [-0.05, 0) is 18.2 Å². The van der Waals surface area contributed by atoms with Gasteiger partial charge in [0, 0.05) is 12.4 Å². The van der Waals surface area contributed by atoms with Crippen molar-refractivity contribution in [3.8, 4) is 0 Å². The van der Waals surface area contributed by atoms with Crippen molar-refractivity contribution < 1.29 is 9.53 Å². The second-order valence-corrected chi connectivity index (χ2v) is 3.11. The first-order valence-corrected chi connectivity index (χ1v) is 5.50. The van der Waals surface area contributed by atoms with Crippen LogP contribution in [0.25, 0.3) is 0 Å². The summed E-state index contributed by atoms with van der Waals surface area (Å²) < 4.78 is 5.18. The Balaban J connectivity index is 5.05. The Bertz CT molecular complexity index is 477. The normalized spacial score (nSPS) is 12.4. The van der Waals surface area contributed by atoms with Gasteiger partial charge >= 0.3 is 5.97 Å². The highest BCUT2D eigenvalue weighted by Gasteiger charge is 2.09. The molecule has 0 aromatic carbocycles. The summed E-state index contributed by atoms with van der Waals surface area (Å²) in [6.07, 6.45) is 13.5. The van der Waals surface area contributed by atoms with Gasteiger partial charge in [-0.15, -0.1) is 0 Å². The van der Waals surface area contributed by atoms with E-state index in [1.807, 2.05) is 0 Å². The predicted octanol–water partition coefficient (Wildman–Crippen LogP) is 3.67. The Morgan fingerprint density at radius 1 is 1.00 bits per heavy atom. The number of ether oxygens (including phenoxy) is 1. The van der Waals surface area contributed by atoms with Gasteiger partial charge < -0.3 is 4.74 Å². The highest BCUT2D eigenvalue weighted by Crippen LogP contribution is 2.06. The fraction of sp³-hybridized carbons (Fsp3) is 0. The SMILES string of the molecule is C=C/C=C\C(=C/C=C)OC(=O)C(/C=N\C=C)=C/C=C. The topological polar surface area (TPSA) is 38.7 Å². The van der Waals surface area contributed by atoms with Crippen molar-refractivity contribution in [2.75, 3.05) is 0 Å². The largest absolute Gasteiger partial charge is 0.423 e. The molecule has 98 valence electrons. The first-order chi connectivity index (χ1) is 9.19. The van der Waals surface area contributed by atoms with Crippen molar-refractivity contribution in [2.24, 2.45) is 4.99 Å². The molecule has 3 nitrogen and oxygen atoms in total.